The van der Waals surface area contributed by atoms with Crippen LogP contribution in [-0.2, 0) is 37.5 Å². The van der Waals surface area contributed by atoms with Crippen molar-refractivity contribution in [1.82, 2.24) is 0 Å². The predicted octanol–water partition coefficient (Wildman–Crippen LogP) is 4.43. The Morgan fingerprint density at radius 2 is 1.05 bits per heavy atom. The van der Waals surface area contributed by atoms with Gasteiger partial charge < -0.3 is 23.6 Å². The Morgan fingerprint density at radius 1 is 0.818 bits per heavy atom. The van der Waals surface area contributed by atoms with E-state index < -0.39 is 8.25 Å². The molecule has 0 aliphatic rings. The summed E-state index contributed by atoms with van der Waals surface area (Å²) in [4.78, 5) is 17.0. The molecule has 0 aliphatic heterocycles. The van der Waals surface area contributed by atoms with Crippen molar-refractivity contribution in [2.45, 2.75) is 79.1 Å². The molecule has 0 aliphatic carbocycles. The molecule has 0 N–H and O–H groups in total. The third-order valence-corrected chi connectivity index (χ3v) is 3.09. The van der Waals surface area contributed by atoms with Crippen LogP contribution in [0, 0.1) is 25.7 Å². The molecule has 0 heterocycles. The van der Waals surface area contributed by atoms with E-state index in [0.29, 0.717) is 11.8 Å². The summed E-state index contributed by atoms with van der Waals surface area (Å²) < 4.78 is 8.48. The van der Waals surface area contributed by atoms with Gasteiger partial charge in [0, 0.05) is 0 Å². The molecule has 0 rings (SSSR count). The summed E-state index contributed by atoms with van der Waals surface area (Å²) >= 11 is 0. The van der Waals surface area contributed by atoms with Crippen LogP contribution in [-0.4, -0.2) is 0 Å². The third-order valence-electron chi connectivity index (χ3n) is 3.09. The second kappa shape index (κ2) is 30.0. The third kappa shape index (κ3) is 49.7. The molecule has 3 nitrogen and oxygen atoms in total. The first-order chi connectivity index (χ1) is 9.35. The smallest absolute Gasteiger partial charge is 0.598 e. The normalized spacial score (nSPS) is 11.3. The molecule has 0 amide bonds. The van der Waals surface area contributed by atoms with Crippen molar-refractivity contribution in [1.29, 1.82) is 0 Å². The van der Waals surface area contributed by atoms with Crippen molar-refractivity contribution >= 4 is 8.25 Å². The number of unbranched alkanes of at least 4 members (excludes halogenated alkanes) is 2. The molecule has 0 aromatic rings. The van der Waals surface area contributed by atoms with E-state index in [1.807, 2.05) is 0 Å². The monoisotopic (exact) mass is 421 g/mol. The van der Waals surface area contributed by atoms with Gasteiger partial charge in [-0.2, -0.15) is 11.8 Å². The summed E-state index contributed by atoms with van der Waals surface area (Å²) in [6.45, 7) is 16.8. The number of rotatable bonds is 8. The summed E-state index contributed by atoms with van der Waals surface area (Å²) in [5.74, 6) is 1.41. The minimum absolute atomic E-state index is 0. The zero-order chi connectivity index (χ0) is 16.4. The van der Waals surface area contributed by atoms with Crippen LogP contribution < -0.4 is 9.79 Å². The van der Waals surface area contributed by atoms with E-state index in [-0.39, 0.29) is 33.0 Å². The molecule has 2 unspecified atom stereocenters. The van der Waals surface area contributed by atoms with E-state index in [1.165, 1.54) is 51.4 Å². The van der Waals surface area contributed by atoms with Gasteiger partial charge in [0.25, 0.3) is 8.25 Å². The summed E-state index contributed by atoms with van der Waals surface area (Å²) in [5, 5.41) is 0. The molecule has 0 bridgehead atoms. The van der Waals surface area contributed by atoms with Gasteiger partial charge in [0.2, 0.25) is 0 Å². The van der Waals surface area contributed by atoms with E-state index in [4.69, 9.17) is 14.4 Å². The summed E-state index contributed by atoms with van der Waals surface area (Å²) in [6.07, 6.45) is 10.4. The zero-order valence-corrected chi connectivity index (χ0v) is 17.4. The average molecular weight is 423 g/mol. The Morgan fingerprint density at radius 3 is 1.18 bits per heavy atom. The Kier molecular flexibility index (Phi) is 46.8. The first kappa shape index (κ1) is 34.4. The molecule has 0 aromatic carbocycles. The minimum Gasteiger partial charge on any atom is -0.598 e. The Labute approximate surface area is 160 Å². The van der Waals surface area contributed by atoms with Gasteiger partial charge in [-0.05, 0) is 0 Å². The second-order valence-electron chi connectivity index (χ2n) is 5.06. The summed E-state index contributed by atoms with van der Waals surface area (Å²) in [6, 6.07) is 0. The predicted molar refractivity (Wildman–Crippen MR) is 84.9 cm³/mol. The maximum absolute atomic E-state index is 8.48. The van der Waals surface area contributed by atoms with E-state index in [0.717, 1.165) is 0 Å². The summed E-state index contributed by atoms with van der Waals surface area (Å²) in [7, 11) is -3.37. The standard InChI is InChI=1S/2C8H17.2Ni.HO3P/c2*1-4-6-7-8(3)5-2;;;1-4(2)3/h2*8H,3-7H2,1-2H3;;;(H,1,2,3)/q2*-1;2*+2;/p-1. The first-order valence-electron chi connectivity index (χ1n) is 7.83. The van der Waals surface area contributed by atoms with E-state index in [9.17, 15) is 0 Å². The van der Waals surface area contributed by atoms with Crippen LogP contribution in [0.15, 0.2) is 0 Å². The van der Waals surface area contributed by atoms with Gasteiger partial charge in [-0.15, -0.1) is 0 Å². The van der Waals surface area contributed by atoms with Gasteiger partial charge in [-0.1, -0.05) is 83.6 Å². The van der Waals surface area contributed by atoms with Gasteiger partial charge in [0.1, 0.15) is 0 Å². The fraction of sp³-hybridized carbons (Fsp3) is 0.875. The van der Waals surface area contributed by atoms with Crippen molar-refractivity contribution in [3.8, 4) is 0 Å². The maximum atomic E-state index is 8.48. The largest absolute Gasteiger partial charge is 2.00 e. The van der Waals surface area contributed by atoms with Gasteiger partial charge in [0.05, 0.1) is 0 Å². The Bertz CT molecular complexity index is 178. The minimum atomic E-state index is -3.37. The molecule has 0 fully saturated rings. The van der Waals surface area contributed by atoms with Gasteiger partial charge in [-0.3, -0.25) is 0 Å². The van der Waals surface area contributed by atoms with Crippen LogP contribution in [0.2, 0.25) is 0 Å². The van der Waals surface area contributed by atoms with Crippen molar-refractivity contribution in [3.63, 3.8) is 0 Å². The van der Waals surface area contributed by atoms with Crippen molar-refractivity contribution in [2.24, 2.45) is 11.8 Å². The second-order valence-corrected chi connectivity index (χ2v) is 5.50. The molecule has 0 aromatic heterocycles. The van der Waals surface area contributed by atoms with Gasteiger partial charge in [-0.25, -0.2) is 0 Å². The van der Waals surface area contributed by atoms with Crippen LogP contribution in [0.4, 0.5) is 0 Å². The topological polar surface area (TPSA) is 63.2 Å². The van der Waals surface area contributed by atoms with Crippen LogP contribution in [0.25, 0.3) is 0 Å². The maximum Gasteiger partial charge on any atom is 2.00 e. The fourth-order valence-corrected chi connectivity index (χ4v) is 1.39. The average Bonchev–Trinajstić information content (AvgIpc) is 2.42. The van der Waals surface area contributed by atoms with E-state index in [1.54, 1.807) is 0 Å². The molecule has 140 valence electrons. The van der Waals surface area contributed by atoms with Crippen LogP contribution in [0.3, 0.4) is 0 Å². The molecule has 0 radical (unpaired) electrons. The van der Waals surface area contributed by atoms with E-state index in [2.05, 4.69) is 41.5 Å². The zero-order valence-electron chi connectivity index (χ0n) is 14.5. The quantitative estimate of drug-likeness (QED) is 0.330. The van der Waals surface area contributed by atoms with Crippen LogP contribution in [0.5, 0.6) is 0 Å². The first-order valence-corrected chi connectivity index (χ1v) is 8.92. The molecule has 22 heavy (non-hydrogen) atoms. The van der Waals surface area contributed by atoms with Crippen molar-refractivity contribution < 1.29 is 47.3 Å². The Balaban J connectivity index is -0.0000000661. The molecular weight excluding hydrogens is 389 g/mol. The van der Waals surface area contributed by atoms with Crippen molar-refractivity contribution in [3.05, 3.63) is 13.8 Å². The van der Waals surface area contributed by atoms with Crippen LogP contribution >= 0.6 is 8.25 Å². The van der Waals surface area contributed by atoms with Gasteiger partial charge in [0.15, 0.2) is 0 Å². The van der Waals surface area contributed by atoms with Crippen LogP contribution in [0.1, 0.15) is 79.1 Å². The van der Waals surface area contributed by atoms with Crippen molar-refractivity contribution in [2.75, 3.05) is 0 Å². The van der Waals surface area contributed by atoms with E-state index >= 15 is 0 Å². The SMILES string of the molecule is O=[P+]([O-])[O-].[CH2-]C(CC)CCCC.[CH2-]C(CC)CCCC.[Ni+2].[Ni+2]. The number of hydrogen-bond donors (Lipinski definition) is 0. The molecule has 0 saturated carbocycles. The molecule has 6 heteroatoms. The molecule has 0 spiro atoms. The molecule has 2 atom stereocenters. The fourth-order valence-electron chi connectivity index (χ4n) is 1.39. The van der Waals surface area contributed by atoms with Gasteiger partial charge >= 0.3 is 33.0 Å². The molecular formula is C16H34Ni2O3P+. The Hall–Kier alpha value is 1.01. The summed E-state index contributed by atoms with van der Waals surface area (Å²) in [5.41, 5.74) is 0. The number of hydrogen-bond acceptors (Lipinski definition) is 3. The molecule has 0 saturated heterocycles.